The monoisotopic (exact) mass is 488 g/mol. The van der Waals surface area contributed by atoms with E-state index >= 15 is 0 Å². The second kappa shape index (κ2) is 5.84. The number of rotatable bonds is 0. The Labute approximate surface area is 215 Å². The molecular formula is C33H32N2O2. The molecule has 2 aromatic heterocycles. The Morgan fingerprint density at radius 2 is 1.03 bits per heavy atom. The highest BCUT2D eigenvalue weighted by atomic mass is 16.2. The SMILES string of the molecule is O=c1c2cc3c(cc2n2c4cc5c(cc4c(=O)n12)C1CC2CC4CC5CC24C1)C1CC2CC(CC3C2)C1. The van der Waals surface area contributed by atoms with Crippen molar-refractivity contribution >= 4 is 21.8 Å². The van der Waals surface area contributed by atoms with Gasteiger partial charge in [-0.05, 0) is 163 Å². The molecule has 7 atom stereocenters. The largest absolute Gasteiger partial charge is 0.282 e. The van der Waals surface area contributed by atoms with E-state index in [2.05, 4.69) is 24.3 Å². The van der Waals surface area contributed by atoms with Gasteiger partial charge in [-0.2, -0.15) is 4.52 Å². The molecule has 8 aliphatic rings. The van der Waals surface area contributed by atoms with Gasteiger partial charge in [-0.3, -0.25) is 9.59 Å². The molecular weight excluding hydrogens is 456 g/mol. The summed E-state index contributed by atoms with van der Waals surface area (Å²) in [6.45, 7) is 0. The second-order valence-corrected chi connectivity index (χ2v) is 14.7. The summed E-state index contributed by atoms with van der Waals surface area (Å²) in [5, 5.41) is 1.52. The van der Waals surface area contributed by atoms with Crippen LogP contribution in [-0.4, -0.2) is 9.03 Å². The van der Waals surface area contributed by atoms with Crippen molar-refractivity contribution in [2.75, 3.05) is 0 Å². The first-order valence-electron chi connectivity index (χ1n) is 15.1. The van der Waals surface area contributed by atoms with Crippen LogP contribution >= 0.6 is 0 Å². The molecule has 0 N–H and O–H groups in total. The topological polar surface area (TPSA) is 43.0 Å². The van der Waals surface area contributed by atoms with E-state index in [0.717, 1.165) is 45.5 Å². The summed E-state index contributed by atoms with van der Waals surface area (Å²) in [7, 11) is 0. The van der Waals surface area contributed by atoms with Crippen molar-refractivity contribution in [2.45, 2.75) is 87.9 Å². The average Bonchev–Trinajstić information content (AvgIpc) is 3.49. The molecule has 12 rings (SSSR count). The fourth-order valence-electron chi connectivity index (χ4n) is 12.2. The molecule has 4 aromatic rings. The maximum atomic E-state index is 13.8. The molecule has 4 nitrogen and oxygen atoms in total. The molecule has 1 spiro atoms. The number of fused-ring (bicyclic) bond motifs is 10. The van der Waals surface area contributed by atoms with E-state index in [-0.39, 0.29) is 11.1 Å². The van der Waals surface area contributed by atoms with Crippen LogP contribution in [0.15, 0.2) is 33.9 Å². The third-order valence-corrected chi connectivity index (χ3v) is 13.4. The third-order valence-electron chi connectivity index (χ3n) is 13.4. The van der Waals surface area contributed by atoms with E-state index in [1.165, 1.54) is 91.0 Å². The molecule has 4 heteroatoms. The van der Waals surface area contributed by atoms with Crippen LogP contribution in [-0.2, 0) is 0 Å². The Balaban J connectivity index is 1.21. The van der Waals surface area contributed by atoms with Crippen molar-refractivity contribution in [1.82, 2.24) is 9.03 Å². The van der Waals surface area contributed by atoms with Crippen molar-refractivity contribution in [1.29, 1.82) is 0 Å². The molecule has 8 aliphatic carbocycles. The minimum atomic E-state index is -0.111. The van der Waals surface area contributed by atoms with Gasteiger partial charge in [-0.1, -0.05) is 0 Å². The maximum Gasteiger partial charge on any atom is 0.282 e. The molecule has 7 unspecified atom stereocenters. The Kier molecular flexibility index (Phi) is 3.07. The zero-order valence-electron chi connectivity index (χ0n) is 21.2. The predicted octanol–water partition coefficient (Wildman–Crippen LogP) is 6.29. The van der Waals surface area contributed by atoms with Crippen LogP contribution in [0.5, 0.6) is 0 Å². The highest BCUT2D eigenvalue weighted by Crippen LogP contribution is 2.76. The van der Waals surface area contributed by atoms with Crippen LogP contribution in [0.4, 0.5) is 0 Å². The van der Waals surface area contributed by atoms with Crippen LogP contribution in [0.25, 0.3) is 21.8 Å². The molecule has 2 heterocycles. The summed E-state index contributed by atoms with van der Waals surface area (Å²) in [5.74, 6) is 6.05. The van der Waals surface area contributed by atoms with Crippen LogP contribution < -0.4 is 11.1 Å². The first-order chi connectivity index (χ1) is 18.1. The van der Waals surface area contributed by atoms with Crippen molar-refractivity contribution in [3.63, 3.8) is 0 Å². The van der Waals surface area contributed by atoms with Gasteiger partial charge in [-0.25, -0.2) is 4.52 Å². The summed E-state index contributed by atoms with van der Waals surface area (Å²) < 4.78 is 3.51. The fraction of sp³-hybridized carbons (Fsp3) is 0.576. The summed E-state index contributed by atoms with van der Waals surface area (Å²) in [5.41, 5.74) is 8.22. The molecule has 37 heavy (non-hydrogen) atoms. The van der Waals surface area contributed by atoms with E-state index < -0.39 is 0 Å². The lowest BCUT2D eigenvalue weighted by Crippen LogP contribution is -2.41. The lowest BCUT2D eigenvalue weighted by atomic mass is 9.56. The summed E-state index contributed by atoms with van der Waals surface area (Å²) in [6.07, 6.45) is 13.4. The normalized spacial score (nSPS) is 41.8. The van der Waals surface area contributed by atoms with Gasteiger partial charge in [0.05, 0.1) is 21.8 Å². The zero-order chi connectivity index (χ0) is 23.9. The van der Waals surface area contributed by atoms with Gasteiger partial charge in [0.15, 0.2) is 0 Å². The highest BCUT2D eigenvalue weighted by molar-refractivity contribution is 5.89. The van der Waals surface area contributed by atoms with Crippen molar-refractivity contribution in [3.8, 4) is 0 Å². The average molecular weight is 489 g/mol. The van der Waals surface area contributed by atoms with Gasteiger partial charge in [0, 0.05) is 0 Å². The van der Waals surface area contributed by atoms with E-state index in [0.29, 0.717) is 29.1 Å². The lowest BCUT2D eigenvalue weighted by molar-refractivity contribution is 0.00322. The van der Waals surface area contributed by atoms with Crippen LogP contribution in [0.3, 0.4) is 0 Å². The molecule has 2 aromatic carbocycles. The Hall–Kier alpha value is -2.62. The minimum Gasteiger partial charge on any atom is -0.267 e. The number of aromatic nitrogens is 2. The van der Waals surface area contributed by atoms with E-state index in [4.69, 9.17) is 0 Å². The zero-order valence-corrected chi connectivity index (χ0v) is 21.2. The van der Waals surface area contributed by atoms with Crippen LogP contribution in [0.1, 0.15) is 110 Å². The Morgan fingerprint density at radius 3 is 1.59 bits per heavy atom. The van der Waals surface area contributed by atoms with E-state index in [1.807, 2.05) is 4.52 Å². The van der Waals surface area contributed by atoms with Crippen molar-refractivity contribution in [3.05, 3.63) is 67.2 Å². The smallest absolute Gasteiger partial charge is 0.267 e. The second-order valence-electron chi connectivity index (χ2n) is 14.7. The standard InChI is InChI=1S/C33H32N2O2/c36-31-27-9-23-17-2-15-1-16(3-17)5-18(4-15)25(23)11-29(27)34-30-12-26-20-7-22-8-21-6-19(13-33(21,22)14-20)24(26)10-28(30)32(37)35(31)34/h9-12,15-22H,1-8,13-14H2. The van der Waals surface area contributed by atoms with Crippen molar-refractivity contribution in [2.24, 2.45) is 29.1 Å². The molecule has 0 aliphatic heterocycles. The summed E-state index contributed by atoms with van der Waals surface area (Å²) in [6, 6.07) is 9.18. The van der Waals surface area contributed by atoms with Gasteiger partial charge in [0.25, 0.3) is 11.1 Å². The minimum absolute atomic E-state index is 0.109. The van der Waals surface area contributed by atoms with Gasteiger partial charge in [0.1, 0.15) is 0 Å². The molecule has 7 bridgehead atoms. The molecule has 0 radical (unpaired) electrons. The number of hydrogen-bond acceptors (Lipinski definition) is 2. The van der Waals surface area contributed by atoms with E-state index in [9.17, 15) is 9.59 Å². The molecule has 0 amide bonds. The Bertz CT molecular complexity index is 1850. The molecule has 186 valence electrons. The summed E-state index contributed by atoms with van der Waals surface area (Å²) >= 11 is 0. The van der Waals surface area contributed by atoms with Gasteiger partial charge >= 0.3 is 0 Å². The van der Waals surface area contributed by atoms with Gasteiger partial charge in [0.2, 0.25) is 0 Å². The van der Waals surface area contributed by atoms with Crippen LogP contribution in [0.2, 0.25) is 0 Å². The first kappa shape index (κ1) is 19.4. The number of benzene rings is 2. The lowest BCUT2D eigenvalue weighted by Gasteiger charge is -2.48. The van der Waals surface area contributed by atoms with Gasteiger partial charge in [-0.15, -0.1) is 0 Å². The summed E-state index contributed by atoms with van der Waals surface area (Å²) in [4.78, 5) is 27.7. The highest BCUT2D eigenvalue weighted by Gasteiger charge is 2.65. The predicted molar refractivity (Wildman–Crippen MR) is 143 cm³/mol. The molecule has 5 saturated carbocycles. The first-order valence-corrected chi connectivity index (χ1v) is 15.1. The maximum absolute atomic E-state index is 13.8. The fourth-order valence-corrected chi connectivity index (χ4v) is 12.2. The quantitative estimate of drug-likeness (QED) is 0.292. The third kappa shape index (κ3) is 2.03. The van der Waals surface area contributed by atoms with Gasteiger partial charge < -0.3 is 0 Å². The Morgan fingerprint density at radius 1 is 0.541 bits per heavy atom. The number of hydrogen-bond donors (Lipinski definition) is 0. The number of nitrogens with zero attached hydrogens (tertiary/aromatic N) is 2. The van der Waals surface area contributed by atoms with E-state index in [1.54, 1.807) is 0 Å². The molecule has 5 fully saturated rings. The van der Waals surface area contributed by atoms with Crippen LogP contribution in [0, 0.1) is 29.1 Å². The van der Waals surface area contributed by atoms with Crippen molar-refractivity contribution < 1.29 is 0 Å². The molecule has 0 saturated heterocycles.